The molecule has 2 heterocycles. The highest BCUT2D eigenvalue weighted by atomic mass is 35.5. The zero-order chi connectivity index (χ0) is 12.3. The highest BCUT2D eigenvalue weighted by Gasteiger charge is 2.24. The van der Waals surface area contributed by atoms with Crippen molar-refractivity contribution >= 4 is 17.5 Å². The molecule has 1 aromatic heterocycles. The molecule has 1 saturated heterocycles. The topological polar surface area (TPSA) is 46.1 Å². The van der Waals surface area contributed by atoms with Crippen molar-refractivity contribution in [3.8, 4) is 0 Å². The fourth-order valence-corrected chi connectivity index (χ4v) is 2.34. The first-order chi connectivity index (χ1) is 8.20. The monoisotopic (exact) mass is 253 g/mol. The lowest BCUT2D eigenvalue weighted by molar-refractivity contribution is 0.0665. The number of amides is 1. The maximum absolute atomic E-state index is 12.2. The molecule has 0 radical (unpaired) electrons. The van der Waals surface area contributed by atoms with Crippen LogP contribution >= 0.6 is 11.6 Å². The number of aromatic nitrogens is 2. The smallest absolute Gasteiger partial charge is 0.274 e. The van der Waals surface area contributed by atoms with Crippen LogP contribution in [-0.4, -0.2) is 33.9 Å². The van der Waals surface area contributed by atoms with E-state index < -0.39 is 0 Å². The number of carbonyl (C=O) groups is 1. The largest absolute Gasteiger partial charge is 0.337 e. The first kappa shape index (κ1) is 12.3. The second-order valence-electron chi connectivity index (χ2n) is 4.39. The molecule has 0 N–H and O–H groups in total. The predicted octanol–water partition coefficient (Wildman–Crippen LogP) is 2.39. The molecule has 0 spiro atoms. The van der Waals surface area contributed by atoms with Gasteiger partial charge in [0.1, 0.15) is 10.8 Å². The molecule has 1 aliphatic heterocycles. The molecule has 1 fully saturated rings. The summed E-state index contributed by atoms with van der Waals surface area (Å²) >= 11 is 5.74. The third kappa shape index (κ3) is 2.94. The highest BCUT2D eigenvalue weighted by Crippen LogP contribution is 2.20. The Balaban J connectivity index is 2.09. The van der Waals surface area contributed by atoms with E-state index in [1.54, 1.807) is 0 Å². The molecule has 0 aromatic carbocycles. The van der Waals surface area contributed by atoms with E-state index in [1.807, 2.05) is 4.90 Å². The minimum absolute atomic E-state index is 0.0573. The van der Waals surface area contributed by atoms with Gasteiger partial charge in [-0.05, 0) is 18.8 Å². The molecule has 1 aliphatic rings. The van der Waals surface area contributed by atoms with E-state index in [-0.39, 0.29) is 11.1 Å². The number of hydrogen-bond donors (Lipinski definition) is 0. The number of hydrogen-bond acceptors (Lipinski definition) is 3. The zero-order valence-electron chi connectivity index (χ0n) is 9.90. The van der Waals surface area contributed by atoms with Crippen LogP contribution in [0.5, 0.6) is 0 Å². The predicted molar refractivity (Wildman–Crippen MR) is 66.0 cm³/mol. The van der Waals surface area contributed by atoms with Gasteiger partial charge >= 0.3 is 0 Å². The maximum Gasteiger partial charge on any atom is 0.274 e. The normalized spacial score (nSPS) is 20.4. The standard InChI is InChI=1S/C12H16ClN3O/c1-2-9-4-3-5-16(8-9)12(17)10-6-14-7-11(13)15-10/h6-7,9H,2-5,8H2,1H3. The summed E-state index contributed by atoms with van der Waals surface area (Å²) in [7, 11) is 0. The molecule has 1 unspecified atom stereocenters. The molecule has 5 heteroatoms. The molecular formula is C12H16ClN3O. The third-order valence-electron chi connectivity index (χ3n) is 3.21. The van der Waals surface area contributed by atoms with Crippen LogP contribution in [0.4, 0.5) is 0 Å². The Hall–Kier alpha value is -1.16. The fourth-order valence-electron chi connectivity index (χ4n) is 2.19. The first-order valence-electron chi connectivity index (χ1n) is 5.97. The summed E-state index contributed by atoms with van der Waals surface area (Å²) in [6.07, 6.45) is 6.30. The van der Waals surface area contributed by atoms with Crippen LogP contribution in [0.25, 0.3) is 0 Å². The summed E-state index contributed by atoms with van der Waals surface area (Å²) in [6, 6.07) is 0. The van der Waals surface area contributed by atoms with Crippen LogP contribution in [0.3, 0.4) is 0 Å². The van der Waals surface area contributed by atoms with Gasteiger partial charge in [-0.2, -0.15) is 0 Å². The molecule has 1 atom stereocenters. The van der Waals surface area contributed by atoms with Crippen LogP contribution in [0.2, 0.25) is 5.15 Å². The van der Waals surface area contributed by atoms with E-state index in [2.05, 4.69) is 16.9 Å². The molecule has 0 saturated carbocycles. The van der Waals surface area contributed by atoms with Crippen LogP contribution in [0.15, 0.2) is 12.4 Å². The van der Waals surface area contributed by atoms with Gasteiger partial charge in [0.15, 0.2) is 0 Å². The number of halogens is 1. The minimum Gasteiger partial charge on any atom is -0.337 e. The number of carbonyl (C=O) groups excluding carboxylic acids is 1. The maximum atomic E-state index is 12.2. The van der Waals surface area contributed by atoms with E-state index in [9.17, 15) is 4.79 Å². The van der Waals surface area contributed by atoms with E-state index >= 15 is 0 Å². The van der Waals surface area contributed by atoms with Gasteiger partial charge in [-0.15, -0.1) is 0 Å². The summed E-state index contributed by atoms with van der Waals surface area (Å²) in [6.45, 7) is 3.80. The van der Waals surface area contributed by atoms with Gasteiger partial charge in [-0.25, -0.2) is 4.98 Å². The summed E-state index contributed by atoms with van der Waals surface area (Å²) < 4.78 is 0. The number of likely N-dealkylation sites (tertiary alicyclic amines) is 1. The van der Waals surface area contributed by atoms with Crippen molar-refractivity contribution in [1.82, 2.24) is 14.9 Å². The Morgan fingerprint density at radius 1 is 1.59 bits per heavy atom. The van der Waals surface area contributed by atoms with Gasteiger partial charge < -0.3 is 4.90 Å². The van der Waals surface area contributed by atoms with Crippen molar-refractivity contribution in [2.45, 2.75) is 26.2 Å². The van der Waals surface area contributed by atoms with Crippen LogP contribution in [0.1, 0.15) is 36.7 Å². The van der Waals surface area contributed by atoms with Crippen LogP contribution in [-0.2, 0) is 0 Å². The third-order valence-corrected chi connectivity index (χ3v) is 3.39. The van der Waals surface area contributed by atoms with Gasteiger partial charge in [0.05, 0.1) is 12.4 Å². The lowest BCUT2D eigenvalue weighted by Crippen LogP contribution is -2.40. The van der Waals surface area contributed by atoms with E-state index in [4.69, 9.17) is 11.6 Å². The quantitative estimate of drug-likeness (QED) is 0.813. The summed E-state index contributed by atoms with van der Waals surface area (Å²) in [5, 5.41) is 0.264. The molecule has 0 aliphatic carbocycles. The molecular weight excluding hydrogens is 238 g/mol. The SMILES string of the molecule is CCC1CCCN(C(=O)c2cncc(Cl)n2)C1. The van der Waals surface area contributed by atoms with E-state index in [1.165, 1.54) is 18.8 Å². The summed E-state index contributed by atoms with van der Waals surface area (Å²) in [4.78, 5) is 21.9. The molecule has 17 heavy (non-hydrogen) atoms. The van der Waals surface area contributed by atoms with E-state index in [0.29, 0.717) is 11.6 Å². The van der Waals surface area contributed by atoms with Gasteiger partial charge in [0.2, 0.25) is 0 Å². The molecule has 1 amide bonds. The molecule has 0 bridgehead atoms. The zero-order valence-corrected chi connectivity index (χ0v) is 10.7. The molecule has 2 rings (SSSR count). The highest BCUT2D eigenvalue weighted by molar-refractivity contribution is 6.29. The average molecular weight is 254 g/mol. The van der Waals surface area contributed by atoms with Crippen molar-refractivity contribution in [1.29, 1.82) is 0 Å². The second-order valence-corrected chi connectivity index (χ2v) is 4.78. The summed E-state index contributed by atoms with van der Waals surface area (Å²) in [5.74, 6) is 0.554. The van der Waals surface area contributed by atoms with Crippen LogP contribution < -0.4 is 0 Å². The number of piperidine rings is 1. The average Bonchev–Trinajstić information content (AvgIpc) is 2.38. The molecule has 1 aromatic rings. The number of nitrogens with zero attached hydrogens (tertiary/aromatic N) is 3. The second kappa shape index (κ2) is 5.45. The van der Waals surface area contributed by atoms with Crippen molar-refractivity contribution < 1.29 is 4.79 Å². The summed E-state index contributed by atoms with van der Waals surface area (Å²) in [5.41, 5.74) is 0.342. The lowest BCUT2D eigenvalue weighted by atomic mass is 9.95. The van der Waals surface area contributed by atoms with Crippen LogP contribution in [0, 0.1) is 5.92 Å². The Labute approximate surface area is 106 Å². The Morgan fingerprint density at radius 3 is 3.12 bits per heavy atom. The minimum atomic E-state index is -0.0573. The van der Waals surface area contributed by atoms with Gasteiger partial charge in [-0.3, -0.25) is 9.78 Å². The van der Waals surface area contributed by atoms with Crippen molar-refractivity contribution in [2.24, 2.45) is 5.92 Å². The van der Waals surface area contributed by atoms with Gasteiger partial charge in [0, 0.05) is 13.1 Å². The van der Waals surface area contributed by atoms with E-state index in [0.717, 1.165) is 25.9 Å². The van der Waals surface area contributed by atoms with Crippen molar-refractivity contribution in [3.63, 3.8) is 0 Å². The lowest BCUT2D eigenvalue weighted by Gasteiger charge is -2.31. The Bertz CT molecular complexity index is 410. The Kier molecular flexibility index (Phi) is 3.94. The molecule has 4 nitrogen and oxygen atoms in total. The fraction of sp³-hybridized carbons (Fsp3) is 0.583. The number of rotatable bonds is 2. The van der Waals surface area contributed by atoms with Gasteiger partial charge in [0.25, 0.3) is 5.91 Å². The van der Waals surface area contributed by atoms with Gasteiger partial charge in [-0.1, -0.05) is 24.9 Å². The van der Waals surface area contributed by atoms with Crippen molar-refractivity contribution in [3.05, 3.63) is 23.2 Å². The van der Waals surface area contributed by atoms with Crippen molar-refractivity contribution in [2.75, 3.05) is 13.1 Å². The Morgan fingerprint density at radius 2 is 2.41 bits per heavy atom. The molecule has 92 valence electrons. The first-order valence-corrected chi connectivity index (χ1v) is 6.35.